The molecule has 0 heterocycles. The van der Waals surface area contributed by atoms with E-state index in [-0.39, 0.29) is 11.5 Å². The van der Waals surface area contributed by atoms with Crippen LogP contribution in [0.3, 0.4) is 0 Å². The van der Waals surface area contributed by atoms with Crippen molar-refractivity contribution in [2.75, 3.05) is 7.05 Å². The van der Waals surface area contributed by atoms with Crippen LogP contribution in [0.5, 0.6) is 5.75 Å². The van der Waals surface area contributed by atoms with Crippen LogP contribution in [0.1, 0.15) is 21.5 Å². The molecule has 2 aromatic rings. The first-order valence-electron chi connectivity index (χ1n) is 6.67. The number of nitro groups is 1. The maximum absolute atomic E-state index is 12.3. The molecule has 114 valence electrons. The third-order valence-corrected chi connectivity index (χ3v) is 3.31. The van der Waals surface area contributed by atoms with Crippen LogP contribution in [0.4, 0.5) is 5.69 Å². The molecule has 0 aliphatic heterocycles. The normalized spacial score (nSPS) is 10.3. The summed E-state index contributed by atoms with van der Waals surface area (Å²) in [6.45, 7) is 2.40. The zero-order valence-corrected chi connectivity index (χ0v) is 12.3. The third-order valence-electron chi connectivity index (χ3n) is 3.31. The van der Waals surface area contributed by atoms with Gasteiger partial charge < -0.3 is 10.0 Å². The summed E-state index contributed by atoms with van der Waals surface area (Å²) in [5.74, 6) is -0.828. The minimum atomic E-state index is -0.695. The molecule has 0 aromatic heterocycles. The SMILES string of the molecule is Cc1ccc(CN(C)C(=O)c2ccc([N+](=O)[O-])c(O)c2)cc1. The van der Waals surface area contributed by atoms with Gasteiger partial charge in [0.25, 0.3) is 5.91 Å². The first-order chi connectivity index (χ1) is 10.4. The van der Waals surface area contributed by atoms with Gasteiger partial charge in [-0.1, -0.05) is 29.8 Å². The van der Waals surface area contributed by atoms with Crippen molar-refractivity contribution in [3.8, 4) is 5.75 Å². The highest BCUT2D eigenvalue weighted by Gasteiger charge is 2.18. The Labute approximate surface area is 127 Å². The van der Waals surface area contributed by atoms with Crippen LogP contribution in [-0.2, 0) is 6.54 Å². The first-order valence-corrected chi connectivity index (χ1v) is 6.67. The van der Waals surface area contributed by atoms with E-state index < -0.39 is 16.4 Å². The maximum Gasteiger partial charge on any atom is 0.310 e. The summed E-state index contributed by atoms with van der Waals surface area (Å²) in [6, 6.07) is 11.4. The highest BCUT2D eigenvalue weighted by Crippen LogP contribution is 2.26. The van der Waals surface area contributed by atoms with Gasteiger partial charge in [0.15, 0.2) is 5.75 Å². The molecule has 6 heteroatoms. The summed E-state index contributed by atoms with van der Waals surface area (Å²) in [6.07, 6.45) is 0. The molecule has 2 rings (SSSR count). The van der Waals surface area contributed by atoms with Gasteiger partial charge in [-0.15, -0.1) is 0 Å². The number of rotatable bonds is 4. The summed E-state index contributed by atoms with van der Waals surface area (Å²) in [4.78, 5) is 23.7. The Morgan fingerprint density at radius 3 is 2.41 bits per heavy atom. The molecule has 0 saturated carbocycles. The number of nitrogens with zero attached hydrogens (tertiary/aromatic N) is 2. The van der Waals surface area contributed by atoms with E-state index in [1.807, 2.05) is 31.2 Å². The van der Waals surface area contributed by atoms with Crippen LogP contribution < -0.4 is 0 Å². The number of benzene rings is 2. The molecular formula is C16H16N2O4. The molecular weight excluding hydrogens is 284 g/mol. The zero-order valence-electron chi connectivity index (χ0n) is 12.3. The monoisotopic (exact) mass is 300 g/mol. The van der Waals surface area contributed by atoms with E-state index in [1.165, 1.54) is 11.0 Å². The molecule has 0 saturated heterocycles. The summed E-state index contributed by atoms with van der Waals surface area (Å²) in [7, 11) is 1.64. The van der Waals surface area contributed by atoms with Gasteiger partial charge >= 0.3 is 5.69 Å². The highest BCUT2D eigenvalue weighted by atomic mass is 16.6. The number of carbonyl (C=O) groups is 1. The van der Waals surface area contributed by atoms with E-state index in [0.29, 0.717) is 6.54 Å². The Balaban J connectivity index is 2.15. The standard InChI is InChI=1S/C16H16N2O4/c1-11-3-5-12(6-4-11)10-17(2)16(20)13-7-8-14(18(21)22)15(19)9-13/h3-9,19H,10H2,1-2H3. The second-order valence-electron chi connectivity index (χ2n) is 5.11. The molecule has 0 unspecified atom stereocenters. The van der Waals surface area contributed by atoms with Crippen LogP contribution in [0.15, 0.2) is 42.5 Å². The summed E-state index contributed by atoms with van der Waals surface area (Å²) >= 11 is 0. The summed E-state index contributed by atoms with van der Waals surface area (Å²) < 4.78 is 0. The largest absolute Gasteiger partial charge is 0.502 e. The van der Waals surface area contributed by atoms with Crippen molar-refractivity contribution in [1.82, 2.24) is 4.90 Å². The van der Waals surface area contributed by atoms with Gasteiger partial charge in [-0.05, 0) is 24.6 Å². The zero-order chi connectivity index (χ0) is 16.3. The fourth-order valence-electron chi connectivity index (χ4n) is 2.07. The van der Waals surface area contributed by atoms with Crippen LogP contribution in [-0.4, -0.2) is 27.9 Å². The van der Waals surface area contributed by atoms with Gasteiger partial charge in [-0.3, -0.25) is 14.9 Å². The lowest BCUT2D eigenvalue weighted by Gasteiger charge is -2.17. The van der Waals surface area contributed by atoms with Gasteiger partial charge in [-0.2, -0.15) is 0 Å². The lowest BCUT2D eigenvalue weighted by atomic mass is 10.1. The van der Waals surface area contributed by atoms with Crippen molar-refractivity contribution >= 4 is 11.6 Å². The molecule has 0 radical (unpaired) electrons. The molecule has 0 fully saturated rings. The van der Waals surface area contributed by atoms with Crippen molar-refractivity contribution < 1.29 is 14.8 Å². The van der Waals surface area contributed by atoms with Crippen LogP contribution in [0.25, 0.3) is 0 Å². The Morgan fingerprint density at radius 2 is 1.86 bits per heavy atom. The van der Waals surface area contributed by atoms with E-state index in [4.69, 9.17) is 0 Å². The lowest BCUT2D eigenvalue weighted by molar-refractivity contribution is -0.385. The van der Waals surface area contributed by atoms with Crippen molar-refractivity contribution in [2.45, 2.75) is 13.5 Å². The Kier molecular flexibility index (Phi) is 4.41. The molecule has 2 aromatic carbocycles. The van der Waals surface area contributed by atoms with Crippen molar-refractivity contribution in [2.24, 2.45) is 0 Å². The molecule has 0 spiro atoms. The number of phenolic OH excluding ortho intramolecular Hbond substituents is 1. The van der Waals surface area contributed by atoms with E-state index >= 15 is 0 Å². The smallest absolute Gasteiger partial charge is 0.310 e. The minimum absolute atomic E-state index is 0.206. The Bertz CT molecular complexity index is 711. The topological polar surface area (TPSA) is 83.7 Å². The number of aryl methyl sites for hydroxylation is 1. The number of phenols is 1. The minimum Gasteiger partial charge on any atom is -0.502 e. The quantitative estimate of drug-likeness (QED) is 0.695. The number of carbonyl (C=O) groups excluding carboxylic acids is 1. The van der Waals surface area contributed by atoms with Crippen LogP contribution >= 0.6 is 0 Å². The molecule has 22 heavy (non-hydrogen) atoms. The molecule has 0 atom stereocenters. The van der Waals surface area contributed by atoms with E-state index in [9.17, 15) is 20.0 Å². The number of aromatic hydroxyl groups is 1. The van der Waals surface area contributed by atoms with E-state index in [1.54, 1.807) is 7.05 Å². The third kappa shape index (κ3) is 3.41. The number of amides is 1. The van der Waals surface area contributed by atoms with E-state index in [0.717, 1.165) is 23.3 Å². The average molecular weight is 300 g/mol. The van der Waals surface area contributed by atoms with Gasteiger partial charge in [-0.25, -0.2) is 0 Å². The Morgan fingerprint density at radius 1 is 1.23 bits per heavy atom. The second-order valence-corrected chi connectivity index (χ2v) is 5.11. The lowest BCUT2D eigenvalue weighted by Crippen LogP contribution is -2.26. The maximum atomic E-state index is 12.3. The average Bonchev–Trinajstić information content (AvgIpc) is 2.48. The highest BCUT2D eigenvalue weighted by molar-refractivity contribution is 5.94. The number of nitro benzene ring substituents is 1. The van der Waals surface area contributed by atoms with Crippen molar-refractivity contribution in [3.05, 3.63) is 69.3 Å². The predicted octanol–water partition coefficient (Wildman–Crippen LogP) is 2.88. The fourth-order valence-corrected chi connectivity index (χ4v) is 2.07. The number of hydrogen-bond donors (Lipinski definition) is 1. The molecule has 6 nitrogen and oxygen atoms in total. The summed E-state index contributed by atoms with van der Waals surface area (Å²) in [5.41, 5.74) is 1.90. The van der Waals surface area contributed by atoms with Crippen LogP contribution in [0.2, 0.25) is 0 Å². The molecule has 1 N–H and O–H groups in total. The van der Waals surface area contributed by atoms with Crippen molar-refractivity contribution in [3.63, 3.8) is 0 Å². The van der Waals surface area contributed by atoms with Crippen LogP contribution in [0, 0.1) is 17.0 Å². The van der Waals surface area contributed by atoms with Gasteiger partial charge in [0.05, 0.1) is 4.92 Å². The van der Waals surface area contributed by atoms with Gasteiger partial charge in [0.2, 0.25) is 0 Å². The summed E-state index contributed by atoms with van der Waals surface area (Å²) in [5, 5.41) is 20.3. The molecule has 1 amide bonds. The predicted molar refractivity (Wildman–Crippen MR) is 81.7 cm³/mol. The number of hydrogen-bond acceptors (Lipinski definition) is 4. The van der Waals surface area contributed by atoms with Gasteiger partial charge in [0.1, 0.15) is 0 Å². The molecule has 0 bridgehead atoms. The first kappa shape index (κ1) is 15.5. The Hall–Kier alpha value is -2.89. The molecule has 0 aliphatic rings. The van der Waals surface area contributed by atoms with Gasteiger partial charge in [0, 0.05) is 25.2 Å². The van der Waals surface area contributed by atoms with E-state index in [2.05, 4.69) is 0 Å². The fraction of sp³-hybridized carbons (Fsp3) is 0.188. The molecule has 0 aliphatic carbocycles. The van der Waals surface area contributed by atoms with Crippen molar-refractivity contribution in [1.29, 1.82) is 0 Å². The second kappa shape index (κ2) is 6.26.